The minimum Gasteiger partial charge on any atom is -0.363 e. The minimum atomic E-state index is -4.60. The molecule has 0 bridgehead atoms. The van der Waals surface area contributed by atoms with E-state index in [4.69, 9.17) is 0 Å². The average molecular weight is 359 g/mol. The summed E-state index contributed by atoms with van der Waals surface area (Å²) < 4.78 is 64.8. The molecular weight excluding hydrogens is 343 g/mol. The summed E-state index contributed by atoms with van der Waals surface area (Å²) in [4.78, 5) is 5.43. The molecule has 0 saturated heterocycles. The lowest BCUT2D eigenvalue weighted by molar-refractivity contribution is -0.137. The summed E-state index contributed by atoms with van der Waals surface area (Å²) in [5, 5.41) is 0. The fourth-order valence-corrected chi connectivity index (χ4v) is 2.98. The summed E-state index contributed by atoms with van der Waals surface area (Å²) in [5.41, 5.74) is -0.367. The van der Waals surface area contributed by atoms with Crippen molar-refractivity contribution in [2.24, 2.45) is 0 Å². The largest absolute Gasteiger partial charge is 0.416 e. The molecule has 0 saturated carbocycles. The summed E-state index contributed by atoms with van der Waals surface area (Å²) in [6.45, 7) is -0.0536. The van der Waals surface area contributed by atoms with Crippen LogP contribution in [-0.4, -0.2) is 27.5 Å². The SMILES string of the molecule is CN(C)c1cc(CNS(=O)(=O)c2cccc(C(F)(F)F)c2)ccn1. The first kappa shape index (κ1) is 18.2. The van der Waals surface area contributed by atoms with Gasteiger partial charge < -0.3 is 4.90 Å². The molecule has 0 aliphatic rings. The van der Waals surface area contributed by atoms with Crippen molar-refractivity contribution in [3.8, 4) is 0 Å². The molecule has 1 aromatic heterocycles. The van der Waals surface area contributed by atoms with Gasteiger partial charge in [-0.05, 0) is 35.9 Å². The number of rotatable bonds is 5. The third-order valence-electron chi connectivity index (χ3n) is 3.21. The van der Waals surface area contributed by atoms with E-state index in [0.29, 0.717) is 17.4 Å². The van der Waals surface area contributed by atoms with Gasteiger partial charge in [0.05, 0.1) is 10.5 Å². The summed E-state index contributed by atoms with van der Waals surface area (Å²) in [5.74, 6) is 0.644. The Morgan fingerprint density at radius 3 is 2.50 bits per heavy atom. The van der Waals surface area contributed by atoms with Crippen LogP contribution in [0.2, 0.25) is 0 Å². The highest BCUT2D eigenvalue weighted by Crippen LogP contribution is 2.30. The van der Waals surface area contributed by atoms with Crippen LogP contribution in [0.4, 0.5) is 19.0 Å². The summed E-state index contributed by atoms with van der Waals surface area (Å²) in [6, 6.07) is 6.94. The molecule has 2 rings (SSSR count). The van der Waals surface area contributed by atoms with Gasteiger partial charge in [-0.2, -0.15) is 13.2 Å². The van der Waals surface area contributed by atoms with Crippen molar-refractivity contribution >= 4 is 15.8 Å². The van der Waals surface area contributed by atoms with Crippen LogP contribution < -0.4 is 9.62 Å². The molecule has 0 aliphatic carbocycles. The molecule has 0 unspecified atom stereocenters. The van der Waals surface area contributed by atoms with Crippen molar-refractivity contribution in [3.05, 3.63) is 53.7 Å². The average Bonchev–Trinajstić information content (AvgIpc) is 2.53. The number of nitrogens with one attached hydrogen (secondary N) is 1. The number of benzene rings is 1. The van der Waals surface area contributed by atoms with Gasteiger partial charge in [0.2, 0.25) is 10.0 Å². The topological polar surface area (TPSA) is 62.3 Å². The number of pyridine rings is 1. The molecule has 0 radical (unpaired) electrons. The number of hydrogen-bond donors (Lipinski definition) is 1. The normalized spacial score (nSPS) is 12.2. The Balaban J connectivity index is 2.19. The Morgan fingerprint density at radius 2 is 1.88 bits per heavy atom. The monoisotopic (exact) mass is 359 g/mol. The van der Waals surface area contributed by atoms with E-state index in [-0.39, 0.29) is 6.54 Å². The van der Waals surface area contributed by atoms with E-state index >= 15 is 0 Å². The number of alkyl halides is 3. The van der Waals surface area contributed by atoms with Gasteiger partial charge in [0.15, 0.2) is 0 Å². The summed E-state index contributed by atoms with van der Waals surface area (Å²) >= 11 is 0. The second-order valence-electron chi connectivity index (χ2n) is 5.27. The van der Waals surface area contributed by atoms with E-state index in [1.807, 2.05) is 0 Å². The molecule has 1 heterocycles. The first-order valence-electron chi connectivity index (χ1n) is 6.89. The lowest BCUT2D eigenvalue weighted by atomic mass is 10.2. The van der Waals surface area contributed by atoms with E-state index in [1.165, 1.54) is 6.20 Å². The van der Waals surface area contributed by atoms with Crippen LogP contribution >= 0.6 is 0 Å². The molecule has 0 amide bonds. The maximum Gasteiger partial charge on any atom is 0.416 e. The Morgan fingerprint density at radius 1 is 1.17 bits per heavy atom. The van der Waals surface area contributed by atoms with Crippen molar-refractivity contribution in [1.82, 2.24) is 9.71 Å². The van der Waals surface area contributed by atoms with Gasteiger partial charge in [0.25, 0.3) is 0 Å². The van der Waals surface area contributed by atoms with Crippen molar-refractivity contribution in [3.63, 3.8) is 0 Å². The fourth-order valence-electron chi connectivity index (χ4n) is 1.92. The second-order valence-corrected chi connectivity index (χ2v) is 7.03. The zero-order valence-corrected chi connectivity index (χ0v) is 13.8. The zero-order chi connectivity index (χ0) is 18.0. The first-order chi connectivity index (χ1) is 11.1. The van der Waals surface area contributed by atoms with Crippen LogP contribution in [0.25, 0.3) is 0 Å². The van der Waals surface area contributed by atoms with E-state index in [0.717, 1.165) is 18.2 Å². The van der Waals surface area contributed by atoms with Crippen molar-refractivity contribution in [1.29, 1.82) is 0 Å². The predicted molar refractivity (Wildman–Crippen MR) is 84.0 cm³/mol. The fraction of sp³-hybridized carbons (Fsp3) is 0.267. The molecule has 9 heteroatoms. The van der Waals surface area contributed by atoms with Crippen LogP contribution in [0.3, 0.4) is 0 Å². The second kappa shape index (κ2) is 6.78. The Kier molecular flexibility index (Phi) is 5.14. The molecule has 2 aromatic rings. The third kappa shape index (κ3) is 4.45. The van der Waals surface area contributed by atoms with Crippen LogP contribution in [0, 0.1) is 0 Å². The molecule has 24 heavy (non-hydrogen) atoms. The zero-order valence-electron chi connectivity index (χ0n) is 13.0. The molecule has 1 aromatic carbocycles. The molecule has 1 N–H and O–H groups in total. The highest BCUT2D eigenvalue weighted by atomic mass is 32.2. The summed E-state index contributed by atoms with van der Waals surface area (Å²) in [6.07, 6.45) is -3.07. The van der Waals surface area contributed by atoms with E-state index in [2.05, 4.69) is 9.71 Å². The van der Waals surface area contributed by atoms with Crippen molar-refractivity contribution < 1.29 is 21.6 Å². The third-order valence-corrected chi connectivity index (χ3v) is 4.61. The first-order valence-corrected chi connectivity index (χ1v) is 8.37. The highest BCUT2D eigenvalue weighted by Gasteiger charge is 2.31. The van der Waals surface area contributed by atoms with Gasteiger partial charge in [0, 0.05) is 26.8 Å². The maximum absolute atomic E-state index is 12.7. The quantitative estimate of drug-likeness (QED) is 0.892. The van der Waals surface area contributed by atoms with Gasteiger partial charge >= 0.3 is 6.18 Å². The standard InChI is InChI=1S/C15H16F3N3O2S/c1-21(2)14-8-11(6-7-19-14)10-20-24(22,23)13-5-3-4-12(9-13)15(16,17)18/h3-9,20H,10H2,1-2H3. The van der Waals surface area contributed by atoms with E-state index < -0.39 is 26.7 Å². The number of nitrogens with zero attached hydrogens (tertiary/aromatic N) is 2. The van der Waals surface area contributed by atoms with Gasteiger partial charge in [-0.25, -0.2) is 18.1 Å². The Labute approximate surface area is 138 Å². The molecule has 0 spiro atoms. The van der Waals surface area contributed by atoms with Gasteiger partial charge in [-0.3, -0.25) is 0 Å². The number of hydrogen-bond acceptors (Lipinski definition) is 4. The number of halogens is 3. The Hall–Kier alpha value is -2.13. The van der Waals surface area contributed by atoms with Crippen LogP contribution in [0.5, 0.6) is 0 Å². The molecule has 0 aliphatic heterocycles. The number of sulfonamides is 1. The minimum absolute atomic E-state index is 0.0536. The lowest BCUT2D eigenvalue weighted by Crippen LogP contribution is -2.24. The molecule has 5 nitrogen and oxygen atoms in total. The molecule has 0 fully saturated rings. The Bertz CT molecular complexity index is 821. The van der Waals surface area contributed by atoms with Crippen molar-refractivity contribution in [2.45, 2.75) is 17.6 Å². The summed E-state index contributed by atoms with van der Waals surface area (Å²) in [7, 11) is -0.477. The molecule has 0 atom stereocenters. The van der Waals surface area contributed by atoms with Crippen LogP contribution in [-0.2, 0) is 22.7 Å². The molecule has 130 valence electrons. The molecular formula is C15H16F3N3O2S. The van der Waals surface area contributed by atoms with Gasteiger partial charge in [0.1, 0.15) is 5.82 Å². The van der Waals surface area contributed by atoms with E-state index in [9.17, 15) is 21.6 Å². The van der Waals surface area contributed by atoms with Crippen LogP contribution in [0.1, 0.15) is 11.1 Å². The highest BCUT2D eigenvalue weighted by molar-refractivity contribution is 7.89. The van der Waals surface area contributed by atoms with Crippen molar-refractivity contribution in [2.75, 3.05) is 19.0 Å². The number of anilines is 1. The smallest absolute Gasteiger partial charge is 0.363 e. The van der Waals surface area contributed by atoms with E-state index in [1.54, 1.807) is 31.1 Å². The predicted octanol–water partition coefficient (Wildman–Crippen LogP) is 2.64. The number of aromatic nitrogens is 1. The van der Waals surface area contributed by atoms with Gasteiger partial charge in [-0.1, -0.05) is 6.07 Å². The lowest BCUT2D eigenvalue weighted by Gasteiger charge is -2.13. The van der Waals surface area contributed by atoms with Crippen LogP contribution in [0.15, 0.2) is 47.5 Å². The van der Waals surface area contributed by atoms with Gasteiger partial charge in [-0.15, -0.1) is 0 Å². The maximum atomic E-state index is 12.7.